The van der Waals surface area contributed by atoms with Gasteiger partial charge >= 0.3 is 0 Å². The number of nitrogens with one attached hydrogen (secondary N) is 1. The number of carbonyl (C=O) groups is 1. The third-order valence-electron chi connectivity index (χ3n) is 3.92. The number of carbonyl (C=O) groups excluding carboxylic acids is 1. The first-order valence-electron chi connectivity index (χ1n) is 8.12. The third kappa shape index (κ3) is 3.78. The summed E-state index contributed by atoms with van der Waals surface area (Å²) in [6.07, 6.45) is 2.55. The summed E-state index contributed by atoms with van der Waals surface area (Å²) in [6.45, 7) is 4.05. The Hall–Kier alpha value is -1.70. The van der Waals surface area contributed by atoms with Gasteiger partial charge in [-0.3, -0.25) is 9.20 Å². The van der Waals surface area contributed by atoms with Crippen molar-refractivity contribution in [1.29, 1.82) is 0 Å². The van der Waals surface area contributed by atoms with Gasteiger partial charge in [-0.2, -0.15) is 11.3 Å². The Morgan fingerprint density at radius 2 is 2.24 bits per heavy atom. The van der Waals surface area contributed by atoms with Gasteiger partial charge in [0.15, 0.2) is 5.65 Å². The zero-order valence-corrected chi connectivity index (χ0v) is 16.5. The van der Waals surface area contributed by atoms with Gasteiger partial charge in [-0.05, 0) is 51.8 Å². The van der Waals surface area contributed by atoms with Crippen LogP contribution in [0.3, 0.4) is 0 Å². The molecule has 3 heterocycles. The van der Waals surface area contributed by atoms with Crippen molar-refractivity contribution < 1.29 is 9.90 Å². The minimum atomic E-state index is -0.277. The van der Waals surface area contributed by atoms with Gasteiger partial charge in [-0.15, -0.1) is 0 Å². The molecule has 0 unspecified atom stereocenters. The van der Waals surface area contributed by atoms with E-state index in [1.54, 1.807) is 15.7 Å². The van der Waals surface area contributed by atoms with E-state index in [4.69, 9.17) is 0 Å². The first-order chi connectivity index (χ1) is 12.0. The molecule has 0 saturated heterocycles. The lowest BCUT2D eigenvalue weighted by Gasteiger charge is -2.18. The number of nitrogens with zero attached hydrogens (tertiary/aromatic N) is 2. The zero-order valence-electron chi connectivity index (χ0n) is 14.1. The molecule has 0 aliphatic carbocycles. The number of aromatic nitrogens is 2. The molecule has 3 aromatic heterocycles. The van der Waals surface area contributed by atoms with E-state index in [0.717, 1.165) is 16.5 Å². The highest BCUT2D eigenvalue weighted by molar-refractivity contribution is 9.10. The predicted molar refractivity (Wildman–Crippen MR) is 104 cm³/mol. The van der Waals surface area contributed by atoms with Crippen molar-refractivity contribution in [1.82, 2.24) is 14.7 Å². The molecule has 0 aliphatic heterocycles. The van der Waals surface area contributed by atoms with Crippen molar-refractivity contribution in [2.75, 3.05) is 6.61 Å². The molecule has 0 fully saturated rings. The summed E-state index contributed by atoms with van der Waals surface area (Å²) in [5.41, 5.74) is 2.73. The molecular weight excluding hydrogens is 402 g/mol. The molecule has 0 aromatic carbocycles. The minimum Gasteiger partial charge on any atom is -0.394 e. The fourth-order valence-electron chi connectivity index (χ4n) is 2.85. The van der Waals surface area contributed by atoms with Crippen molar-refractivity contribution in [3.8, 4) is 11.3 Å². The van der Waals surface area contributed by atoms with Gasteiger partial charge in [0.05, 0.1) is 17.1 Å². The molecule has 1 atom stereocenters. The van der Waals surface area contributed by atoms with Gasteiger partial charge in [0.2, 0.25) is 0 Å². The van der Waals surface area contributed by atoms with Crippen molar-refractivity contribution in [2.24, 2.45) is 5.92 Å². The monoisotopic (exact) mass is 421 g/mol. The van der Waals surface area contributed by atoms with Crippen molar-refractivity contribution >= 4 is 38.8 Å². The van der Waals surface area contributed by atoms with Crippen molar-refractivity contribution in [2.45, 2.75) is 26.3 Å². The maximum atomic E-state index is 13.0. The number of halogens is 1. The van der Waals surface area contributed by atoms with Crippen LogP contribution in [0.25, 0.3) is 16.9 Å². The maximum Gasteiger partial charge on any atom is 0.270 e. The van der Waals surface area contributed by atoms with Crippen molar-refractivity contribution in [3.05, 3.63) is 45.3 Å². The summed E-state index contributed by atoms with van der Waals surface area (Å²) in [6, 6.07) is 5.44. The van der Waals surface area contributed by atoms with Crippen LogP contribution in [-0.4, -0.2) is 33.0 Å². The Morgan fingerprint density at radius 1 is 1.44 bits per heavy atom. The van der Waals surface area contributed by atoms with Crippen LogP contribution in [-0.2, 0) is 0 Å². The van der Waals surface area contributed by atoms with Crippen LogP contribution >= 0.6 is 27.3 Å². The summed E-state index contributed by atoms with van der Waals surface area (Å²) in [7, 11) is 0. The van der Waals surface area contributed by atoms with E-state index in [1.807, 2.05) is 35.2 Å². The number of aliphatic hydroxyl groups is 1. The standard InChI is InChI=1S/C18H20BrN3O2S/c1-11(2)8-13(9-23)20-18(24)16-15(12-5-7-25-10-12)21-17-14(19)4-3-6-22(16)17/h3-7,10-11,13,23H,8-9H2,1-2H3,(H,20,24)/t13-/m0/s1. The minimum absolute atomic E-state index is 0.0852. The van der Waals surface area contributed by atoms with E-state index in [-0.39, 0.29) is 18.6 Å². The fourth-order valence-corrected chi connectivity index (χ4v) is 3.93. The lowest BCUT2D eigenvalue weighted by molar-refractivity contribution is 0.0903. The van der Waals surface area contributed by atoms with Gasteiger partial charge in [0, 0.05) is 17.1 Å². The Balaban J connectivity index is 2.06. The largest absolute Gasteiger partial charge is 0.394 e. The molecule has 3 aromatic rings. The summed E-state index contributed by atoms with van der Waals surface area (Å²) in [4.78, 5) is 17.7. The van der Waals surface area contributed by atoms with E-state index >= 15 is 0 Å². The van der Waals surface area contributed by atoms with Crippen molar-refractivity contribution in [3.63, 3.8) is 0 Å². The van der Waals surface area contributed by atoms with E-state index in [2.05, 4.69) is 40.1 Å². The number of rotatable bonds is 6. The highest BCUT2D eigenvalue weighted by atomic mass is 79.9. The van der Waals surface area contributed by atoms with Gasteiger partial charge < -0.3 is 10.4 Å². The second kappa shape index (κ2) is 7.68. The summed E-state index contributed by atoms with van der Waals surface area (Å²) in [5.74, 6) is 0.150. The molecule has 7 heteroatoms. The molecule has 0 radical (unpaired) electrons. The number of amides is 1. The number of thiophene rings is 1. The second-order valence-corrected chi connectivity index (χ2v) is 7.99. The maximum absolute atomic E-state index is 13.0. The summed E-state index contributed by atoms with van der Waals surface area (Å²) in [5, 5.41) is 16.5. The molecule has 0 spiro atoms. The molecule has 1 amide bonds. The van der Waals surface area contributed by atoms with E-state index in [9.17, 15) is 9.90 Å². The van der Waals surface area contributed by atoms with Gasteiger partial charge in [-0.25, -0.2) is 4.98 Å². The van der Waals surface area contributed by atoms with E-state index in [1.165, 1.54) is 0 Å². The summed E-state index contributed by atoms with van der Waals surface area (Å²) >= 11 is 5.06. The molecule has 2 N–H and O–H groups in total. The highest BCUT2D eigenvalue weighted by Gasteiger charge is 2.24. The Labute approximate surface area is 158 Å². The SMILES string of the molecule is CC(C)C[C@@H](CO)NC(=O)c1c(-c2ccsc2)nc2c(Br)cccn12. The van der Waals surface area contributed by atoms with Crippen LogP contribution in [0.15, 0.2) is 39.6 Å². The number of pyridine rings is 1. The van der Waals surface area contributed by atoms with E-state index in [0.29, 0.717) is 23.0 Å². The molecular formula is C18H20BrN3O2S. The van der Waals surface area contributed by atoms with Gasteiger partial charge in [0.1, 0.15) is 11.4 Å². The smallest absolute Gasteiger partial charge is 0.270 e. The topological polar surface area (TPSA) is 66.6 Å². The predicted octanol–water partition coefficient (Wildman–Crippen LogP) is 3.96. The van der Waals surface area contributed by atoms with E-state index < -0.39 is 0 Å². The lowest BCUT2D eigenvalue weighted by atomic mass is 10.0. The van der Waals surface area contributed by atoms with Crippen LogP contribution in [0.4, 0.5) is 0 Å². The van der Waals surface area contributed by atoms with Crippen LogP contribution < -0.4 is 5.32 Å². The summed E-state index contributed by atoms with van der Waals surface area (Å²) < 4.78 is 2.61. The normalized spacial score (nSPS) is 12.7. The fraction of sp³-hybridized carbons (Fsp3) is 0.333. The highest BCUT2D eigenvalue weighted by Crippen LogP contribution is 2.29. The Kier molecular flexibility index (Phi) is 5.56. The number of aliphatic hydroxyl groups excluding tert-OH is 1. The van der Waals surface area contributed by atoms with Crippen LogP contribution in [0.5, 0.6) is 0 Å². The Morgan fingerprint density at radius 3 is 2.88 bits per heavy atom. The Bertz CT molecular complexity index is 874. The number of hydrogen-bond acceptors (Lipinski definition) is 4. The zero-order chi connectivity index (χ0) is 18.0. The number of fused-ring (bicyclic) bond motifs is 1. The number of hydrogen-bond donors (Lipinski definition) is 2. The first-order valence-corrected chi connectivity index (χ1v) is 9.85. The molecule has 5 nitrogen and oxygen atoms in total. The average Bonchev–Trinajstić information content (AvgIpc) is 3.21. The average molecular weight is 422 g/mol. The molecule has 3 rings (SSSR count). The quantitative estimate of drug-likeness (QED) is 0.632. The molecule has 0 bridgehead atoms. The lowest BCUT2D eigenvalue weighted by Crippen LogP contribution is -2.39. The van der Waals surface area contributed by atoms with Crippen LogP contribution in [0.2, 0.25) is 0 Å². The number of imidazole rings is 1. The van der Waals surface area contributed by atoms with Crippen LogP contribution in [0.1, 0.15) is 30.8 Å². The first kappa shape index (κ1) is 18.1. The van der Waals surface area contributed by atoms with Gasteiger partial charge in [0.25, 0.3) is 5.91 Å². The van der Waals surface area contributed by atoms with Gasteiger partial charge in [-0.1, -0.05) is 13.8 Å². The van der Waals surface area contributed by atoms with Crippen LogP contribution in [0, 0.1) is 5.92 Å². The molecule has 25 heavy (non-hydrogen) atoms. The molecule has 0 saturated carbocycles. The third-order valence-corrected chi connectivity index (χ3v) is 5.23. The molecule has 132 valence electrons. The second-order valence-electron chi connectivity index (χ2n) is 6.35. The molecule has 0 aliphatic rings.